The minimum absolute atomic E-state index is 0.343. The number of rotatable bonds is 4. The highest BCUT2D eigenvalue weighted by atomic mass is 15.2. The van der Waals surface area contributed by atoms with Crippen molar-refractivity contribution >= 4 is 0 Å². The van der Waals surface area contributed by atoms with Crippen LogP contribution in [0.15, 0.2) is 18.2 Å². The quantitative estimate of drug-likeness (QED) is 0.644. The highest BCUT2D eigenvalue weighted by Gasteiger charge is 2.28. The Morgan fingerprint density at radius 2 is 2.05 bits per heavy atom. The molecule has 3 rings (SSSR count). The fourth-order valence-electron chi connectivity index (χ4n) is 4.30. The lowest BCUT2D eigenvalue weighted by Crippen LogP contribution is -2.35. The topological polar surface area (TPSA) is 38.0 Å². The van der Waals surface area contributed by atoms with Crippen molar-refractivity contribution in [2.45, 2.75) is 64.3 Å². The Morgan fingerprint density at radius 3 is 2.85 bits per heavy atom. The predicted octanol–water partition coefficient (Wildman–Crippen LogP) is 3.90. The summed E-state index contributed by atoms with van der Waals surface area (Å²) < 4.78 is 0. The first-order valence-electron chi connectivity index (χ1n) is 8.39. The average Bonchev–Trinajstić information content (AvgIpc) is 2.96. The van der Waals surface area contributed by atoms with Gasteiger partial charge in [-0.1, -0.05) is 44.4 Å². The van der Waals surface area contributed by atoms with Crippen molar-refractivity contribution in [3.63, 3.8) is 0 Å². The Morgan fingerprint density at radius 1 is 1.20 bits per heavy atom. The molecule has 0 bridgehead atoms. The van der Waals surface area contributed by atoms with Crippen LogP contribution in [-0.4, -0.2) is 0 Å². The molecule has 1 fully saturated rings. The highest BCUT2D eigenvalue weighted by molar-refractivity contribution is 5.36. The lowest BCUT2D eigenvalue weighted by molar-refractivity contribution is 0.210. The van der Waals surface area contributed by atoms with Crippen molar-refractivity contribution in [2.24, 2.45) is 17.7 Å². The van der Waals surface area contributed by atoms with E-state index in [1.807, 2.05) is 0 Å². The fourth-order valence-corrected chi connectivity index (χ4v) is 4.30. The van der Waals surface area contributed by atoms with Gasteiger partial charge in [0, 0.05) is 6.04 Å². The van der Waals surface area contributed by atoms with Crippen LogP contribution >= 0.6 is 0 Å². The van der Waals surface area contributed by atoms with Crippen LogP contribution in [0.4, 0.5) is 0 Å². The second kappa shape index (κ2) is 6.28. The normalized spacial score (nSPS) is 27.3. The third-order valence-corrected chi connectivity index (χ3v) is 5.53. The number of nitrogens with two attached hydrogens (primary N) is 1. The first-order chi connectivity index (χ1) is 9.81. The lowest BCUT2D eigenvalue weighted by Gasteiger charge is -2.34. The molecule has 0 spiro atoms. The monoisotopic (exact) mass is 272 g/mol. The first-order valence-corrected chi connectivity index (χ1v) is 8.39. The molecule has 110 valence electrons. The Bertz CT molecular complexity index is 455. The van der Waals surface area contributed by atoms with Crippen molar-refractivity contribution in [1.29, 1.82) is 0 Å². The van der Waals surface area contributed by atoms with Crippen LogP contribution in [0.3, 0.4) is 0 Å². The van der Waals surface area contributed by atoms with E-state index in [0.29, 0.717) is 12.0 Å². The second-order valence-corrected chi connectivity index (χ2v) is 6.73. The molecule has 20 heavy (non-hydrogen) atoms. The highest BCUT2D eigenvalue weighted by Crippen LogP contribution is 2.39. The van der Waals surface area contributed by atoms with E-state index < -0.39 is 0 Å². The minimum Gasteiger partial charge on any atom is -0.271 e. The van der Waals surface area contributed by atoms with Gasteiger partial charge in [0.15, 0.2) is 0 Å². The molecule has 1 aromatic carbocycles. The zero-order valence-electron chi connectivity index (χ0n) is 12.7. The molecule has 3 unspecified atom stereocenters. The van der Waals surface area contributed by atoms with Crippen LogP contribution in [0.1, 0.15) is 68.2 Å². The van der Waals surface area contributed by atoms with Crippen molar-refractivity contribution in [1.82, 2.24) is 5.43 Å². The number of hydrazine groups is 1. The third kappa shape index (κ3) is 2.77. The Kier molecular flexibility index (Phi) is 4.42. The summed E-state index contributed by atoms with van der Waals surface area (Å²) in [4.78, 5) is 0. The Hall–Kier alpha value is -0.860. The fraction of sp³-hybridized carbons (Fsp3) is 0.667. The Labute approximate surface area is 123 Å². The van der Waals surface area contributed by atoms with E-state index in [0.717, 1.165) is 5.92 Å². The maximum atomic E-state index is 5.92. The van der Waals surface area contributed by atoms with E-state index in [1.165, 1.54) is 56.9 Å². The number of fused-ring (bicyclic) bond motifs is 1. The van der Waals surface area contributed by atoms with Gasteiger partial charge in [-0.2, -0.15) is 0 Å². The maximum Gasteiger partial charge on any atom is 0.0488 e. The van der Waals surface area contributed by atoms with Crippen molar-refractivity contribution in [3.05, 3.63) is 34.9 Å². The molecular weight excluding hydrogens is 244 g/mol. The minimum atomic E-state index is 0.343. The van der Waals surface area contributed by atoms with Gasteiger partial charge in [0.1, 0.15) is 0 Å². The molecule has 0 amide bonds. The number of aryl methyl sites for hydroxylation is 2. The SMILES string of the molecule is CCC1CCCC(C(NN)c2ccc3c(c2)CCC3)C1. The number of nitrogens with one attached hydrogen (secondary N) is 1. The van der Waals surface area contributed by atoms with Crippen molar-refractivity contribution < 1.29 is 0 Å². The van der Waals surface area contributed by atoms with E-state index in [9.17, 15) is 0 Å². The molecule has 2 aliphatic carbocycles. The van der Waals surface area contributed by atoms with Gasteiger partial charge in [0.05, 0.1) is 0 Å². The third-order valence-electron chi connectivity index (χ3n) is 5.53. The second-order valence-electron chi connectivity index (χ2n) is 6.73. The van der Waals surface area contributed by atoms with E-state index >= 15 is 0 Å². The summed E-state index contributed by atoms with van der Waals surface area (Å²) in [5, 5.41) is 0. The number of benzene rings is 1. The molecule has 1 saturated carbocycles. The van der Waals surface area contributed by atoms with Gasteiger partial charge in [-0.05, 0) is 60.6 Å². The summed E-state index contributed by atoms with van der Waals surface area (Å²) in [7, 11) is 0. The van der Waals surface area contributed by atoms with E-state index in [4.69, 9.17) is 5.84 Å². The molecule has 0 aromatic heterocycles. The van der Waals surface area contributed by atoms with E-state index in [1.54, 1.807) is 11.1 Å². The van der Waals surface area contributed by atoms with Gasteiger partial charge in [-0.25, -0.2) is 0 Å². The molecule has 2 aliphatic rings. The molecule has 3 atom stereocenters. The van der Waals surface area contributed by atoms with Gasteiger partial charge >= 0.3 is 0 Å². The van der Waals surface area contributed by atoms with Crippen LogP contribution in [0.5, 0.6) is 0 Å². The molecule has 0 aliphatic heterocycles. The van der Waals surface area contributed by atoms with Gasteiger partial charge in [-0.3, -0.25) is 11.3 Å². The molecule has 0 heterocycles. The summed E-state index contributed by atoms with van der Waals surface area (Å²) in [5.41, 5.74) is 7.65. The van der Waals surface area contributed by atoms with Gasteiger partial charge in [-0.15, -0.1) is 0 Å². The van der Waals surface area contributed by atoms with E-state index in [2.05, 4.69) is 30.5 Å². The zero-order valence-corrected chi connectivity index (χ0v) is 12.7. The summed E-state index contributed by atoms with van der Waals surface area (Å²) in [6.45, 7) is 2.33. The van der Waals surface area contributed by atoms with Crippen LogP contribution in [-0.2, 0) is 12.8 Å². The summed E-state index contributed by atoms with van der Waals surface area (Å²) in [5.74, 6) is 7.53. The maximum absolute atomic E-state index is 5.92. The smallest absolute Gasteiger partial charge is 0.0488 e. The largest absolute Gasteiger partial charge is 0.271 e. The molecule has 0 saturated heterocycles. The van der Waals surface area contributed by atoms with Crippen molar-refractivity contribution in [2.75, 3.05) is 0 Å². The molecule has 2 heteroatoms. The van der Waals surface area contributed by atoms with Crippen LogP contribution in [0.25, 0.3) is 0 Å². The summed E-state index contributed by atoms with van der Waals surface area (Å²) in [6, 6.07) is 7.41. The molecule has 3 N–H and O–H groups in total. The van der Waals surface area contributed by atoms with Crippen LogP contribution < -0.4 is 11.3 Å². The van der Waals surface area contributed by atoms with Gasteiger partial charge in [0.25, 0.3) is 0 Å². The Balaban J connectivity index is 1.78. The van der Waals surface area contributed by atoms with Gasteiger partial charge < -0.3 is 0 Å². The summed E-state index contributed by atoms with van der Waals surface area (Å²) in [6.07, 6.45) is 10.6. The summed E-state index contributed by atoms with van der Waals surface area (Å²) >= 11 is 0. The molecular formula is C18H28N2. The lowest BCUT2D eigenvalue weighted by atomic mass is 9.75. The van der Waals surface area contributed by atoms with Crippen molar-refractivity contribution in [3.8, 4) is 0 Å². The standard InChI is InChI=1S/C18H28N2/c1-2-13-5-3-8-16(11-13)18(20-19)17-10-9-14-6-4-7-15(14)12-17/h9-10,12-13,16,18,20H,2-8,11,19H2,1H3. The predicted molar refractivity (Wildman–Crippen MR) is 84.3 cm³/mol. The zero-order chi connectivity index (χ0) is 13.9. The van der Waals surface area contributed by atoms with Crippen LogP contribution in [0, 0.1) is 11.8 Å². The molecule has 2 nitrogen and oxygen atoms in total. The molecule has 0 radical (unpaired) electrons. The van der Waals surface area contributed by atoms with E-state index in [-0.39, 0.29) is 0 Å². The number of hydrogen-bond donors (Lipinski definition) is 2. The average molecular weight is 272 g/mol. The number of hydrogen-bond acceptors (Lipinski definition) is 2. The van der Waals surface area contributed by atoms with Gasteiger partial charge in [0.2, 0.25) is 0 Å². The first kappa shape index (κ1) is 14.1. The molecule has 1 aromatic rings. The van der Waals surface area contributed by atoms with Crippen LogP contribution in [0.2, 0.25) is 0 Å².